The van der Waals surface area contributed by atoms with Crippen LogP contribution in [0.2, 0.25) is 0 Å². The summed E-state index contributed by atoms with van der Waals surface area (Å²) in [6, 6.07) is 12.2. The number of hydrogen-bond donors (Lipinski definition) is 4. The van der Waals surface area contributed by atoms with Gasteiger partial charge in [0.15, 0.2) is 0 Å². The number of carbonyl (C=O) groups excluding carboxylic acids is 1. The second-order valence-electron chi connectivity index (χ2n) is 7.17. The van der Waals surface area contributed by atoms with Gasteiger partial charge in [-0.05, 0) is 61.4 Å². The second-order valence-corrected chi connectivity index (χ2v) is 7.17. The molecule has 0 aliphatic carbocycles. The van der Waals surface area contributed by atoms with Crippen LogP contribution >= 0.6 is 0 Å². The number of benzene rings is 2. The zero-order valence-corrected chi connectivity index (χ0v) is 17.6. The van der Waals surface area contributed by atoms with Crippen LogP contribution in [0.25, 0.3) is 16.7 Å². The zero-order chi connectivity index (χ0) is 21.8. The molecule has 0 atom stereocenters. The predicted octanol–water partition coefficient (Wildman–Crippen LogP) is 4.08. The maximum atomic E-state index is 12.7. The molecule has 0 bridgehead atoms. The average Bonchev–Trinajstić information content (AvgIpc) is 3.06. The molecule has 30 heavy (non-hydrogen) atoms. The number of nitrogens with one attached hydrogen (secondary N) is 4. The van der Waals surface area contributed by atoms with Crippen molar-refractivity contribution in [2.75, 3.05) is 12.4 Å². The molecule has 0 aromatic heterocycles. The van der Waals surface area contributed by atoms with Crippen LogP contribution in [0.15, 0.2) is 48.3 Å². The molecule has 0 spiro atoms. The summed E-state index contributed by atoms with van der Waals surface area (Å²) in [4.78, 5) is 12.7. The standard InChI is InChI=1S/C24H25N5O/c1-5-16-7-6-14(2)18(10-16)19-12-20-21(11-17(19)13-25)29-24(30)23(20)15(3)28-22(26)8-9-27-4/h6-12,27H,5H2,1-4H3,(H2,26,28)(H,29,30)/b9-8-,23-15-. The molecule has 0 radical (unpaired) electrons. The van der Waals surface area contributed by atoms with Gasteiger partial charge in [-0.3, -0.25) is 10.2 Å². The van der Waals surface area contributed by atoms with E-state index in [0.717, 1.165) is 28.7 Å². The number of anilines is 1. The lowest BCUT2D eigenvalue weighted by Crippen LogP contribution is -2.21. The summed E-state index contributed by atoms with van der Waals surface area (Å²) in [5, 5.41) is 26.4. The predicted molar refractivity (Wildman–Crippen MR) is 121 cm³/mol. The van der Waals surface area contributed by atoms with Gasteiger partial charge in [-0.1, -0.05) is 25.1 Å². The Bertz CT molecular complexity index is 1140. The van der Waals surface area contributed by atoms with Crippen LogP contribution in [-0.4, -0.2) is 18.8 Å². The first-order valence-corrected chi connectivity index (χ1v) is 9.79. The molecule has 1 heterocycles. The van der Waals surface area contributed by atoms with Crippen LogP contribution in [0.5, 0.6) is 0 Å². The summed E-state index contributed by atoms with van der Waals surface area (Å²) in [5.41, 5.74) is 6.95. The number of carbonyl (C=O) groups is 1. The monoisotopic (exact) mass is 399 g/mol. The van der Waals surface area contributed by atoms with E-state index < -0.39 is 0 Å². The summed E-state index contributed by atoms with van der Waals surface area (Å²) in [6.07, 6.45) is 4.11. The van der Waals surface area contributed by atoms with Crippen molar-refractivity contribution in [3.63, 3.8) is 0 Å². The molecule has 0 fully saturated rings. The van der Waals surface area contributed by atoms with E-state index in [-0.39, 0.29) is 11.7 Å². The van der Waals surface area contributed by atoms with E-state index in [9.17, 15) is 10.1 Å². The van der Waals surface area contributed by atoms with Crippen LogP contribution in [0.1, 0.15) is 36.1 Å². The van der Waals surface area contributed by atoms with E-state index in [1.807, 2.05) is 13.0 Å². The van der Waals surface area contributed by atoms with E-state index in [0.29, 0.717) is 22.5 Å². The van der Waals surface area contributed by atoms with Gasteiger partial charge < -0.3 is 16.0 Å². The minimum atomic E-state index is -0.250. The van der Waals surface area contributed by atoms with Gasteiger partial charge in [-0.2, -0.15) is 5.26 Å². The number of allylic oxidation sites excluding steroid dienone is 1. The third-order valence-electron chi connectivity index (χ3n) is 5.14. The van der Waals surface area contributed by atoms with Crippen molar-refractivity contribution in [3.05, 3.63) is 70.6 Å². The molecule has 0 saturated heterocycles. The number of rotatable bonds is 5. The third-order valence-corrected chi connectivity index (χ3v) is 5.14. The first kappa shape index (κ1) is 20.9. The summed E-state index contributed by atoms with van der Waals surface area (Å²) < 4.78 is 0. The van der Waals surface area contributed by atoms with Gasteiger partial charge in [0.1, 0.15) is 5.84 Å². The maximum absolute atomic E-state index is 12.7. The SMILES string of the molecule is CCc1ccc(C)c(-c2cc3c(cc2C#N)NC(=O)/C3=C(/C)NC(=N)/C=C\NC)c1. The van der Waals surface area contributed by atoms with Gasteiger partial charge in [-0.25, -0.2) is 0 Å². The number of hydrogen-bond acceptors (Lipinski definition) is 4. The van der Waals surface area contributed by atoms with Gasteiger partial charge in [0.25, 0.3) is 5.91 Å². The van der Waals surface area contributed by atoms with E-state index in [1.54, 1.807) is 32.3 Å². The Morgan fingerprint density at radius 2 is 2.00 bits per heavy atom. The van der Waals surface area contributed by atoms with E-state index in [2.05, 4.69) is 47.1 Å². The Kier molecular flexibility index (Phi) is 6.03. The highest BCUT2D eigenvalue weighted by Crippen LogP contribution is 2.39. The molecule has 0 unspecified atom stereocenters. The van der Waals surface area contributed by atoms with Gasteiger partial charge in [0, 0.05) is 23.9 Å². The fourth-order valence-electron chi connectivity index (χ4n) is 3.56. The first-order valence-electron chi connectivity index (χ1n) is 9.79. The van der Waals surface area contributed by atoms with Crippen LogP contribution in [-0.2, 0) is 11.2 Å². The molecule has 1 aliphatic rings. The van der Waals surface area contributed by atoms with E-state index in [4.69, 9.17) is 5.41 Å². The zero-order valence-electron chi connectivity index (χ0n) is 17.6. The fourth-order valence-corrected chi connectivity index (χ4v) is 3.56. The largest absolute Gasteiger partial charge is 0.394 e. The first-order chi connectivity index (χ1) is 14.4. The smallest absolute Gasteiger partial charge is 0.258 e. The molecule has 6 nitrogen and oxygen atoms in total. The molecule has 0 saturated carbocycles. The van der Waals surface area contributed by atoms with Crippen LogP contribution in [0, 0.1) is 23.7 Å². The fraction of sp³-hybridized carbons (Fsp3) is 0.208. The van der Waals surface area contributed by atoms with Crippen LogP contribution in [0.4, 0.5) is 5.69 Å². The summed E-state index contributed by atoms with van der Waals surface area (Å²) in [5.74, 6) is -0.0866. The Labute approximate surface area is 176 Å². The van der Waals surface area contributed by atoms with E-state index >= 15 is 0 Å². The van der Waals surface area contributed by atoms with Crippen molar-refractivity contribution in [3.8, 4) is 17.2 Å². The molecule has 1 amide bonds. The molecule has 4 N–H and O–H groups in total. The third kappa shape index (κ3) is 3.96. The molecule has 6 heteroatoms. The number of nitrogens with zero attached hydrogens (tertiary/aromatic N) is 1. The van der Waals surface area contributed by atoms with Crippen molar-refractivity contribution >= 4 is 23.0 Å². The van der Waals surface area contributed by atoms with Crippen LogP contribution in [0.3, 0.4) is 0 Å². The van der Waals surface area contributed by atoms with Crippen molar-refractivity contribution < 1.29 is 4.79 Å². The van der Waals surface area contributed by atoms with Crippen molar-refractivity contribution in [2.45, 2.75) is 27.2 Å². The lowest BCUT2D eigenvalue weighted by molar-refractivity contribution is -0.110. The number of nitriles is 1. The minimum absolute atomic E-state index is 0.163. The quantitative estimate of drug-likeness (QED) is 0.346. The molecule has 2 aromatic rings. The van der Waals surface area contributed by atoms with Crippen LogP contribution < -0.4 is 16.0 Å². The summed E-state index contributed by atoms with van der Waals surface area (Å²) in [7, 11) is 1.75. The molecular weight excluding hydrogens is 374 g/mol. The minimum Gasteiger partial charge on any atom is -0.394 e. The second kappa shape index (κ2) is 8.66. The van der Waals surface area contributed by atoms with Gasteiger partial charge in [-0.15, -0.1) is 0 Å². The molecule has 2 aromatic carbocycles. The Balaban J connectivity index is 2.15. The Hall–Kier alpha value is -3.85. The molecule has 3 rings (SSSR count). The molecule has 152 valence electrons. The maximum Gasteiger partial charge on any atom is 0.258 e. The number of amides is 1. The van der Waals surface area contributed by atoms with Gasteiger partial charge >= 0.3 is 0 Å². The Morgan fingerprint density at radius 3 is 2.67 bits per heavy atom. The van der Waals surface area contributed by atoms with E-state index in [1.165, 1.54) is 5.56 Å². The van der Waals surface area contributed by atoms with Crippen molar-refractivity contribution in [1.29, 1.82) is 10.7 Å². The lowest BCUT2D eigenvalue weighted by Gasteiger charge is -2.13. The Morgan fingerprint density at radius 1 is 1.23 bits per heavy atom. The topological polar surface area (TPSA) is 101 Å². The number of fused-ring (bicyclic) bond motifs is 1. The molecule has 1 aliphatic heterocycles. The highest BCUT2D eigenvalue weighted by Gasteiger charge is 2.28. The average molecular weight is 399 g/mol. The normalized spacial score (nSPS) is 14.2. The van der Waals surface area contributed by atoms with Gasteiger partial charge in [0.05, 0.1) is 22.9 Å². The molecular formula is C24H25N5O. The summed E-state index contributed by atoms with van der Waals surface area (Å²) >= 11 is 0. The summed E-state index contributed by atoms with van der Waals surface area (Å²) in [6.45, 7) is 5.89. The van der Waals surface area contributed by atoms with Crippen molar-refractivity contribution in [2.24, 2.45) is 0 Å². The lowest BCUT2D eigenvalue weighted by atomic mass is 9.91. The highest BCUT2D eigenvalue weighted by molar-refractivity contribution is 6.32. The number of aryl methyl sites for hydroxylation is 2. The highest BCUT2D eigenvalue weighted by atomic mass is 16.2. The number of amidine groups is 1. The van der Waals surface area contributed by atoms with Gasteiger partial charge in [0.2, 0.25) is 0 Å². The van der Waals surface area contributed by atoms with Crippen molar-refractivity contribution in [1.82, 2.24) is 10.6 Å².